The smallest absolute Gasteiger partial charge is 0.274 e. The predicted octanol–water partition coefficient (Wildman–Crippen LogP) is 5.23. The number of anilines is 1. The molecule has 0 atom stereocenters. The van der Waals surface area contributed by atoms with Crippen LogP contribution in [-0.4, -0.2) is 41.0 Å². The first-order valence-electron chi connectivity index (χ1n) is 10.4. The van der Waals surface area contributed by atoms with Crippen LogP contribution in [0.25, 0.3) is 0 Å². The summed E-state index contributed by atoms with van der Waals surface area (Å²) < 4.78 is 15.3. The van der Waals surface area contributed by atoms with E-state index in [4.69, 9.17) is 16.6 Å². The number of amides is 1. The summed E-state index contributed by atoms with van der Waals surface area (Å²) >= 11 is 6.02. The Morgan fingerprint density at radius 3 is 2.39 bits per heavy atom. The molecule has 0 fully saturated rings. The second-order valence-electron chi connectivity index (χ2n) is 7.57. The monoisotopic (exact) mass is 442 g/mol. The molecule has 1 N–H and O–H groups in total. The largest absolute Gasteiger partial charge is 0.371 e. The summed E-state index contributed by atoms with van der Waals surface area (Å²) in [6.07, 6.45) is 2.48. The standard InChI is InChI=1S/C24H28ClFN4O/c1-4-5-14-29(3)24(31)22-23(27-2)28-21(15-17-6-10-19(25)11-7-17)30(22)16-18-8-12-20(26)13-9-18/h6-13,27H,4-5,14-16H2,1-3H3. The van der Waals surface area contributed by atoms with Gasteiger partial charge in [-0.3, -0.25) is 4.79 Å². The first kappa shape index (κ1) is 22.8. The predicted molar refractivity (Wildman–Crippen MR) is 123 cm³/mol. The van der Waals surface area contributed by atoms with Crippen molar-refractivity contribution in [3.05, 3.63) is 82.0 Å². The third-order valence-corrected chi connectivity index (χ3v) is 5.46. The molecular weight excluding hydrogens is 415 g/mol. The summed E-state index contributed by atoms with van der Waals surface area (Å²) in [5, 5.41) is 3.75. The Morgan fingerprint density at radius 1 is 1.13 bits per heavy atom. The lowest BCUT2D eigenvalue weighted by Gasteiger charge is -2.19. The van der Waals surface area contributed by atoms with E-state index in [9.17, 15) is 9.18 Å². The molecule has 1 amide bonds. The van der Waals surface area contributed by atoms with Crippen LogP contribution in [0.5, 0.6) is 0 Å². The van der Waals surface area contributed by atoms with Crippen molar-refractivity contribution in [3.8, 4) is 0 Å². The molecule has 0 aliphatic heterocycles. The molecule has 3 aromatic rings. The number of nitrogens with zero attached hydrogens (tertiary/aromatic N) is 3. The van der Waals surface area contributed by atoms with Crippen LogP contribution in [-0.2, 0) is 13.0 Å². The number of carbonyl (C=O) groups excluding carboxylic acids is 1. The zero-order valence-corrected chi connectivity index (χ0v) is 18.9. The van der Waals surface area contributed by atoms with Crippen LogP contribution in [0.3, 0.4) is 0 Å². The summed E-state index contributed by atoms with van der Waals surface area (Å²) in [4.78, 5) is 19.8. The van der Waals surface area contributed by atoms with Crippen molar-refractivity contribution in [1.82, 2.24) is 14.5 Å². The molecule has 7 heteroatoms. The van der Waals surface area contributed by atoms with Gasteiger partial charge in [-0.15, -0.1) is 0 Å². The molecule has 0 bridgehead atoms. The fraction of sp³-hybridized carbons (Fsp3) is 0.333. The van der Waals surface area contributed by atoms with E-state index in [-0.39, 0.29) is 11.7 Å². The van der Waals surface area contributed by atoms with Crippen molar-refractivity contribution in [1.29, 1.82) is 0 Å². The molecule has 0 aliphatic carbocycles. The minimum absolute atomic E-state index is 0.0882. The van der Waals surface area contributed by atoms with E-state index in [0.717, 1.165) is 29.8 Å². The van der Waals surface area contributed by atoms with Gasteiger partial charge < -0.3 is 14.8 Å². The van der Waals surface area contributed by atoms with E-state index in [1.165, 1.54) is 12.1 Å². The Kier molecular flexibility index (Phi) is 7.69. The number of rotatable bonds is 9. The molecular formula is C24H28ClFN4O. The highest BCUT2D eigenvalue weighted by Crippen LogP contribution is 2.23. The number of unbranched alkanes of at least 4 members (excludes halogenated alkanes) is 1. The van der Waals surface area contributed by atoms with Gasteiger partial charge in [-0.05, 0) is 41.8 Å². The third kappa shape index (κ3) is 5.64. The fourth-order valence-corrected chi connectivity index (χ4v) is 3.56. The molecule has 0 spiro atoms. The van der Waals surface area contributed by atoms with Crippen LogP contribution < -0.4 is 5.32 Å². The molecule has 1 aromatic heterocycles. The lowest BCUT2D eigenvalue weighted by molar-refractivity contribution is 0.0783. The van der Waals surface area contributed by atoms with Crippen molar-refractivity contribution < 1.29 is 9.18 Å². The molecule has 0 saturated heterocycles. The van der Waals surface area contributed by atoms with Crippen LogP contribution >= 0.6 is 11.6 Å². The highest BCUT2D eigenvalue weighted by molar-refractivity contribution is 6.30. The van der Waals surface area contributed by atoms with Gasteiger partial charge in [0, 0.05) is 38.6 Å². The van der Waals surface area contributed by atoms with Crippen molar-refractivity contribution in [2.24, 2.45) is 0 Å². The highest BCUT2D eigenvalue weighted by atomic mass is 35.5. The Balaban J connectivity index is 2.04. The van der Waals surface area contributed by atoms with Crippen molar-refractivity contribution in [2.45, 2.75) is 32.7 Å². The van der Waals surface area contributed by atoms with E-state index < -0.39 is 0 Å². The average molecular weight is 443 g/mol. The number of aromatic nitrogens is 2. The normalized spacial score (nSPS) is 10.9. The van der Waals surface area contributed by atoms with Gasteiger partial charge in [0.25, 0.3) is 5.91 Å². The quantitative estimate of drug-likeness (QED) is 0.493. The van der Waals surface area contributed by atoms with E-state index in [1.54, 1.807) is 24.1 Å². The van der Waals surface area contributed by atoms with Crippen LogP contribution in [0.2, 0.25) is 5.02 Å². The molecule has 0 aliphatic rings. The Bertz CT molecular complexity index is 1020. The number of nitrogens with one attached hydrogen (secondary N) is 1. The second-order valence-corrected chi connectivity index (χ2v) is 8.01. The van der Waals surface area contributed by atoms with Gasteiger partial charge in [-0.2, -0.15) is 0 Å². The molecule has 31 heavy (non-hydrogen) atoms. The van der Waals surface area contributed by atoms with Crippen LogP contribution in [0, 0.1) is 5.82 Å². The number of halogens is 2. The summed E-state index contributed by atoms with van der Waals surface area (Å²) in [5.41, 5.74) is 2.44. The lowest BCUT2D eigenvalue weighted by Crippen LogP contribution is -2.30. The van der Waals surface area contributed by atoms with Gasteiger partial charge >= 0.3 is 0 Å². The maximum absolute atomic E-state index is 13.4. The van der Waals surface area contributed by atoms with Crippen LogP contribution in [0.15, 0.2) is 48.5 Å². The van der Waals surface area contributed by atoms with E-state index in [0.29, 0.717) is 36.0 Å². The van der Waals surface area contributed by atoms with E-state index >= 15 is 0 Å². The molecule has 3 rings (SSSR count). The van der Waals surface area contributed by atoms with Gasteiger partial charge in [0.15, 0.2) is 11.5 Å². The zero-order valence-electron chi connectivity index (χ0n) is 18.2. The average Bonchev–Trinajstić information content (AvgIpc) is 3.11. The highest BCUT2D eigenvalue weighted by Gasteiger charge is 2.25. The van der Waals surface area contributed by atoms with E-state index in [2.05, 4.69) is 12.2 Å². The molecule has 2 aromatic carbocycles. The van der Waals surface area contributed by atoms with Crippen LogP contribution in [0.4, 0.5) is 10.2 Å². The first-order chi connectivity index (χ1) is 14.9. The summed E-state index contributed by atoms with van der Waals surface area (Å²) in [7, 11) is 3.57. The molecule has 1 heterocycles. The minimum atomic E-state index is -0.290. The summed E-state index contributed by atoms with van der Waals surface area (Å²) in [5.74, 6) is 0.916. The van der Waals surface area contributed by atoms with Crippen LogP contribution in [0.1, 0.15) is 47.2 Å². The van der Waals surface area contributed by atoms with Crippen molar-refractivity contribution in [2.75, 3.05) is 26.0 Å². The molecule has 0 unspecified atom stereocenters. The Morgan fingerprint density at radius 2 is 1.77 bits per heavy atom. The molecule has 0 saturated carbocycles. The van der Waals surface area contributed by atoms with Gasteiger partial charge in [-0.1, -0.05) is 49.2 Å². The number of benzene rings is 2. The third-order valence-electron chi connectivity index (χ3n) is 5.21. The van der Waals surface area contributed by atoms with E-state index in [1.807, 2.05) is 35.9 Å². The van der Waals surface area contributed by atoms with Gasteiger partial charge in [0.2, 0.25) is 0 Å². The Labute approximate surface area is 187 Å². The SMILES string of the molecule is CCCCN(C)C(=O)c1c(NC)nc(Cc2ccc(Cl)cc2)n1Cc1ccc(F)cc1. The van der Waals surface area contributed by atoms with Gasteiger partial charge in [-0.25, -0.2) is 9.37 Å². The summed E-state index contributed by atoms with van der Waals surface area (Å²) in [6, 6.07) is 13.9. The summed E-state index contributed by atoms with van der Waals surface area (Å²) in [6.45, 7) is 3.19. The number of imidazole rings is 1. The zero-order chi connectivity index (χ0) is 22.4. The van der Waals surface area contributed by atoms with Crippen molar-refractivity contribution >= 4 is 23.3 Å². The minimum Gasteiger partial charge on any atom is -0.371 e. The maximum Gasteiger partial charge on any atom is 0.274 e. The molecule has 164 valence electrons. The molecule has 0 radical (unpaired) electrons. The number of carbonyl (C=O) groups is 1. The second kappa shape index (κ2) is 10.4. The van der Waals surface area contributed by atoms with Gasteiger partial charge in [0.05, 0.1) is 0 Å². The molecule has 5 nitrogen and oxygen atoms in total. The lowest BCUT2D eigenvalue weighted by atomic mass is 10.1. The first-order valence-corrected chi connectivity index (χ1v) is 10.8. The number of hydrogen-bond acceptors (Lipinski definition) is 3. The fourth-order valence-electron chi connectivity index (χ4n) is 3.43. The topological polar surface area (TPSA) is 50.2 Å². The number of hydrogen-bond donors (Lipinski definition) is 1. The van der Waals surface area contributed by atoms with Crippen molar-refractivity contribution in [3.63, 3.8) is 0 Å². The maximum atomic E-state index is 13.4. The Hall–Kier alpha value is -2.86. The van der Waals surface area contributed by atoms with Gasteiger partial charge in [0.1, 0.15) is 11.6 Å².